The number of carbonyl (C=O) groups excluding carboxylic acids is 2. The van der Waals surface area contributed by atoms with E-state index in [-0.39, 0.29) is 17.7 Å². The summed E-state index contributed by atoms with van der Waals surface area (Å²) >= 11 is 0. The maximum Gasteiger partial charge on any atom is 0.228 e. The van der Waals surface area contributed by atoms with Gasteiger partial charge in [-0.05, 0) is 46.4 Å². The summed E-state index contributed by atoms with van der Waals surface area (Å²) in [5, 5.41) is 3.36. The van der Waals surface area contributed by atoms with E-state index in [1.807, 2.05) is 19.0 Å². The fourth-order valence-corrected chi connectivity index (χ4v) is 3.54. The summed E-state index contributed by atoms with van der Waals surface area (Å²) < 4.78 is 0. The summed E-state index contributed by atoms with van der Waals surface area (Å²) in [6.45, 7) is 7.05. The minimum Gasteiger partial charge on any atom is -0.341 e. The number of nitrogens with one attached hydrogen (secondary N) is 1. The Labute approximate surface area is 140 Å². The Kier molecular flexibility index (Phi) is 6.84. The molecule has 1 atom stereocenters. The first-order valence-corrected chi connectivity index (χ1v) is 8.96. The van der Waals surface area contributed by atoms with E-state index in [4.69, 9.17) is 0 Å². The summed E-state index contributed by atoms with van der Waals surface area (Å²) in [5.74, 6) is 0.178. The standard InChI is InChI=1S/C17H32N4O2/c1-4-9-21(15-5-7-18-8-6-15)17(23)14-12-16(22)20(13-14)11-10-19(2)3/h14-15,18H,4-13H2,1-3H3. The maximum absolute atomic E-state index is 13.0. The zero-order valence-electron chi connectivity index (χ0n) is 14.9. The van der Waals surface area contributed by atoms with E-state index >= 15 is 0 Å². The molecule has 0 aliphatic carbocycles. The van der Waals surface area contributed by atoms with Crippen molar-refractivity contribution in [1.29, 1.82) is 0 Å². The average Bonchev–Trinajstić information content (AvgIpc) is 2.92. The zero-order chi connectivity index (χ0) is 16.8. The van der Waals surface area contributed by atoms with Crippen molar-refractivity contribution in [3.8, 4) is 0 Å². The van der Waals surface area contributed by atoms with Gasteiger partial charge < -0.3 is 20.0 Å². The molecule has 0 saturated carbocycles. The molecule has 23 heavy (non-hydrogen) atoms. The van der Waals surface area contributed by atoms with E-state index in [9.17, 15) is 9.59 Å². The van der Waals surface area contributed by atoms with E-state index in [0.717, 1.165) is 52.0 Å². The molecule has 0 aromatic heterocycles. The van der Waals surface area contributed by atoms with Crippen molar-refractivity contribution in [2.45, 2.75) is 38.6 Å². The van der Waals surface area contributed by atoms with Gasteiger partial charge in [-0.3, -0.25) is 9.59 Å². The van der Waals surface area contributed by atoms with Crippen LogP contribution in [0.5, 0.6) is 0 Å². The summed E-state index contributed by atoms with van der Waals surface area (Å²) in [7, 11) is 4.01. The van der Waals surface area contributed by atoms with Gasteiger partial charge in [-0.15, -0.1) is 0 Å². The predicted octanol–water partition coefficient (Wildman–Crippen LogP) is 0.387. The molecular formula is C17H32N4O2. The quantitative estimate of drug-likeness (QED) is 0.736. The third-order valence-electron chi connectivity index (χ3n) is 4.88. The lowest BCUT2D eigenvalue weighted by Crippen LogP contribution is -2.49. The first kappa shape index (κ1) is 18.2. The normalized spacial score (nSPS) is 22.9. The third kappa shape index (κ3) is 4.91. The summed E-state index contributed by atoms with van der Waals surface area (Å²) in [6.07, 6.45) is 3.41. The van der Waals surface area contributed by atoms with Crippen molar-refractivity contribution in [2.75, 3.05) is 53.4 Å². The number of rotatable bonds is 7. The predicted molar refractivity (Wildman–Crippen MR) is 91.1 cm³/mol. The minimum atomic E-state index is -0.147. The topological polar surface area (TPSA) is 55.9 Å². The van der Waals surface area contributed by atoms with Crippen LogP contribution in [0.15, 0.2) is 0 Å². The number of hydrogen-bond acceptors (Lipinski definition) is 4. The molecule has 0 aromatic carbocycles. The van der Waals surface area contributed by atoms with Crippen LogP contribution < -0.4 is 5.32 Å². The van der Waals surface area contributed by atoms with Gasteiger partial charge in [-0.2, -0.15) is 0 Å². The molecule has 6 heteroatoms. The molecule has 2 heterocycles. The monoisotopic (exact) mass is 324 g/mol. The van der Waals surface area contributed by atoms with Crippen molar-refractivity contribution in [3.63, 3.8) is 0 Å². The van der Waals surface area contributed by atoms with Gasteiger partial charge >= 0.3 is 0 Å². The lowest BCUT2D eigenvalue weighted by atomic mass is 10.0. The fraction of sp³-hybridized carbons (Fsp3) is 0.882. The average molecular weight is 324 g/mol. The molecule has 1 unspecified atom stereocenters. The Morgan fingerprint density at radius 1 is 1.26 bits per heavy atom. The molecule has 132 valence electrons. The van der Waals surface area contributed by atoms with Gasteiger partial charge in [0.2, 0.25) is 11.8 Å². The molecule has 1 N–H and O–H groups in total. The first-order chi connectivity index (χ1) is 11.0. The van der Waals surface area contributed by atoms with Gasteiger partial charge in [0.05, 0.1) is 5.92 Å². The maximum atomic E-state index is 13.0. The molecule has 0 radical (unpaired) electrons. The van der Waals surface area contributed by atoms with E-state index in [2.05, 4.69) is 22.0 Å². The van der Waals surface area contributed by atoms with Gasteiger partial charge in [-0.25, -0.2) is 0 Å². The van der Waals surface area contributed by atoms with Gasteiger partial charge in [-0.1, -0.05) is 6.92 Å². The number of likely N-dealkylation sites (tertiary alicyclic amines) is 1. The second-order valence-corrected chi connectivity index (χ2v) is 7.06. The molecule has 2 saturated heterocycles. The van der Waals surface area contributed by atoms with Gasteiger partial charge in [0.1, 0.15) is 0 Å². The Morgan fingerprint density at radius 2 is 1.96 bits per heavy atom. The lowest BCUT2D eigenvalue weighted by Gasteiger charge is -2.36. The van der Waals surface area contributed by atoms with Crippen molar-refractivity contribution in [1.82, 2.24) is 20.0 Å². The van der Waals surface area contributed by atoms with Gasteiger partial charge in [0, 0.05) is 38.6 Å². The highest BCUT2D eigenvalue weighted by atomic mass is 16.2. The van der Waals surface area contributed by atoms with Crippen LogP contribution in [0, 0.1) is 5.92 Å². The number of piperidine rings is 1. The second kappa shape index (κ2) is 8.64. The molecule has 0 bridgehead atoms. The third-order valence-corrected chi connectivity index (χ3v) is 4.88. The first-order valence-electron chi connectivity index (χ1n) is 8.96. The van der Waals surface area contributed by atoms with Crippen molar-refractivity contribution in [3.05, 3.63) is 0 Å². The molecule has 2 fully saturated rings. The molecule has 2 amide bonds. The molecule has 2 rings (SSSR count). The number of amides is 2. The van der Waals surface area contributed by atoms with Crippen LogP contribution in [-0.4, -0.2) is 85.9 Å². The molecule has 6 nitrogen and oxygen atoms in total. The highest BCUT2D eigenvalue weighted by molar-refractivity contribution is 5.89. The van der Waals surface area contributed by atoms with E-state index in [0.29, 0.717) is 19.0 Å². The molecule has 2 aliphatic heterocycles. The summed E-state index contributed by atoms with van der Waals surface area (Å²) in [6, 6.07) is 0.342. The Morgan fingerprint density at radius 3 is 2.57 bits per heavy atom. The Hall–Kier alpha value is -1.14. The Bertz CT molecular complexity index is 407. The lowest BCUT2D eigenvalue weighted by molar-refractivity contribution is -0.138. The highest BCUT2D eigenvalue weighted by Crippen LogP contribution is 2.23. The van der Waals surface area contributed by atoms with Crippen molar-refractivity contribution in [2.24, 2.45) is 5.92 Å². The van der Waals surface area contributed by atoms with Crippen LogP contribution in [0.1, 0.15) is 32.6 Å². The van der Waals surface area contributed by atoms with Crippen LogP contribution in [0.25, 0.3) is 0 Å². The molecular weight excluding hydrogens is 292 g/mol. The summed E-state index contributed by atoms with van der Waals surface area (Å²) in [4.78, 5) is 31.2. The largest absolute Gasteiger partial charge is 0.341 e. The van der Waals surface area contributed by atoms with Gasteiger partial charge in [0.25, 0.3) is 0 Å². The van der Waals surface area contributed by atoms with E-state index in [1.54, 1.807) is 0 Å². The van der Waals surface area contributed by atoms with Crippen molar-refractivity contribution < 1.29 is 9.59 Å². The smallest absolute Gasteiger partial charge is 0.228 e. The number of carbonyl (C=O) groups is 2. The van der Waals surface area contributed by atoms with Crippen LogP contribution in [0.4, 0.5) is 0 Å². The SMILES string of the molecule is CCCN(C(=O)C1CC(=O)N(CCN(C)C)C1)C1CCNCC1. The van der Waals surface area contributed by atoms with Crippen LogP contribution in [0.2, 0.25) is 0 Å². The second-order valence-electron chi connectivity index (χ2n) is 7.06. The molecule has 2 aliphatic rings. The highest BCUT2D eigenvalue weighted by Gasteiger charge is 2.38. The fourth-order valence-electron chi connectivity index (χ4n) is 3.54. The molecule has 0 spiro atoms. The number of likely N-dealkylation sites (N-methyl/N-ethyl adjacent to an activating group) is 1. The van der Waals surface area contributed by atoms with E-state index in [1.165, 1.54) is 0 Å². The molecule has 0 aromatic rings. The van der Waals surface area contributed by atoms with Gasteiger partial charge in [0.15, 0.2) is 0 Å². The minimum absolute atomic E-state index is 0.131. The van der Waals surface area contributed by atoms with E-state index < -0.39 is 0 Å². The van der Waals surface area contributed by atoms with Crippen molar-refractivity contribution >= 4 is 11.8 Å². The van der Waals surface area contributed by atoms with Crippen LogP contribution >= 0.6 is 0 Å². The van der Waals surface area contributed by atoms with Crippen LogP contribution in [0.3, 0.4) is 0 Å². The Balaban J connectivity index is 1.95. The summed E-state index contributed by atoms with van der Waals surface area (Å²) in [5.41, 5.74) is 0. The number of hydrogen-bond donors (Lipinski definition) is 1. The number of nitrogens with zero attached hydrogens (tertiary/aromatic N) is 3. The van der Waals surface area contributed by atoms with Crippen LogP contribution in [-0.2, 0) is 9.59 Å². The zero-order valence-corrected chi connectivity index (χ0v) is 14.9.